The highest BCUT2D eigenvalue weighted by molar-refractivity contribution is 5.73. The number of carbonyl (C=O) groups excluding carboxylic acids is 1. The largest absolute Gasteiger partial charge is 0.493 e. The van der Waals surface area contributed by atoms with Gasteiger partial charge in [-0.1, -0.05) is 12.1 Å². The fourth-order valence-electron chi connectivity index (χ4n) is 3.30. The van der Waals surface area contributed by atoms with Crippen molar-refractivity contribution >= 4 is 5.91 Å². The van der Waals surface area contributed by atoms with Gasteiger partial charge in [0.25, 0.3) is 0 Å². The lowest BCUT2D eigenvalue weighted by Crippen LogP contribution is -2.64. The van der Waals surface area contributed by atoms with E-state index in [0.717, 1.165) is 17.7 Å². The molecule has 8 heteroatoms. The van der Waals surface area contributed by atoms with E-state index in [0.29, 0.717) is 19.6 Å². The molecule has 2 aliphatic heterocycles. The lowest BCUT2D eigenvalue weighted by molar-refractivity contribution is -0.269. The third kappa shape index (κ3) is 4.16. The molecule has 1 saturated heterocycles. The second-order valence-electron chi connectivity index (χ2n) is 6.59. The quantitative estimate of drug-likeness (QED) is 0.516. The average molecular weight is 367 g/mol. The number of aliphatic hydroxyl groups excluding tert-OH is 3. The summed E-state index contributed by atoms with van der Waals surface area (Å²) in [6.45, 7) is 1.84. The number of nitrogens with one attached hydrogen (secondary N) is 1. The summed E-state index contributed by atoms with van der Waals surface area (Å²) < 4.78 is 16.7. The smallest absolute Gasteiger partial charge is 0.217 e. The monoisotopic (exact) mass is 367 g/mol. The molecule has 4 N–H and O–H groups in total. The van der Waals surface area contributed by atoms with Crippen LogP contribution in [0.4, 0.5) is 0 Å². The first-order chi connectivity index (χ1) is 12.5. The molecule has 5 atom stereocenters. The van der Waals surface area contributed by atoms with Crippen molar-refractivity contribution in [2.75, 3.05) is 19.8 Å². The van der Waals surface area contributed by atoms with Crippen LogP contribution in [0.2, 0.25) is 0 Å². The summed E-state index contributed by atoms with van der Waals surface area (Å²) in [5.41, 5.74) is 2.26. The van der Waals surface area contributed by atoms with Gasteiger partial charge >= 0.3 is 0 Å². The van der Waals surface area contributed by atoms with Gasteiger partial charge in [0.05, 0.1) is 19.8 Å². The van der Waals surface area contributed by atoms with Crippen molar-refractivity contribution in [3.8, 4) is 5.75 Å². The first-order valence-corrected chi connectivity index (χ1v) is 8.75. The summed E-state index contributed by atoms with van der Waals surface area (Å²) in [7, 11) is 0. The summed E-state index contributed by atoms with van der Waals surface area (Å²) in [4.78, 5) is 11.4. The first kappa shape index (κ1) is 19.1. The number of hydrogen-bond donors (Lipinski definition) is 4. The zero-order valence-corrected chi connectivity index (χ0v) is 14.6. The molecule has 0 radical (unpaired) electrons. The standard InChI is InChI=1S/C18H25NO7/c1-10(21)19-15-17(23)16(22)14(9-20)26-18(15)25-6-4-11-2-3-13-12(8-11)5-7-24-13/h2-3,8,14-18,20,22-23H,4-7,9H2,1H3,(H,19,21)/t14-,15-,16-,17-,18-/m1/s1. The van der Waals surface area contributed by atoms with Crippen molar-refractivity contribution in [2.45, 2.75) is 50.4 Å². The summed E-state index contributed by atoms with van der Waals surface area (Å²) in [5, 5.41) is 32.1. The minimum absolute atomic E-state index is 0.293. The molecular weight excluding hydrogens is 342 g/mol. The predicted molar refractivity (Wildman–Crippen MR) is 90.7 cm³/mol. The van der Waals surface area contributed by atoms with E-state index >= 15 is 0 Å². The van der Waals surface area contributed by atoms with E-state index in [-0.39, 0.29) is 5.91 Å². The van der Waals surface area contributed by atoms with Gasteiger partial charge in [0, 0.05) is 13.3 Å². The molecule has 0 aromatic heterocycles. The van der Waals surface area contributed by atoms with E-state index in [4.69, 9.17) is 14.2 Å². The van der Waals surface area contributed by atoms with Gasteiger partial charge in [-0.25, -0.2) is 0 Å². The maximum Gasteiger partial charge on any atom is 0.217 e. The first-order valence-electron chi connectivity index (χ1n) is 8.75. The fourth-order valence-corrected chi connectivity index (χ4v) is 3.30. The molecule has 3 rings (SSSR count). The van der Waals surface area contributed by atoms with Gasteiger partial charge in [0.2, 0.25) is 5.91 Å². The SMILES string of the molecule is CC(=O)N[C@H]1[C@H](OCCc2ccc3c(c2)CCO3)O[C@H](CO)[C@@H](O)[C@@H]1O. The van der Waals surface area contributed by atoms with Crippen molar-refractivity contribution in [3.05, 3.63) is 29.3 Å². The minimum Gasteiger partial charge on any atom is -0.493 e. The zero-order valence-electron chi connectivity index (χ0n) is 14.6. The van der Waals surface area contributed by atoms with Crippen molar-refractivity contribution in [1.82, 2.24) is 5.32 Å². The summed E-state index contributed by atoms with van der Waals surface area (Å²) in [5.74, 6) is 0.540. The highest BCUT2D eigenvalue weighted by atomic mass is 16.7. The number of fused-ring (bicyclic) bond motifs is 1. The van der Waals surface area contributed by atoms with Crippen molar-refractivity contribution in [3.63, 3.8) is 0 Å². The summed E-state index contributed by atoms with van der Waals surface area (Å²) >= 11 is 0. The Balaban J connectivity index is 1.61. The molecule has 1 fully saturated rings. The highest BCUT2D eigenvalue weighted by Gasteiger charge is 2.45. The van der Waals surface area contributed by atoms with Crippen LogP contribution >= 0.6 is 0 Å². The van der Waals surface area contributed by atoms with Crippen LogP contribution in [0.3, 0.4) is 0 Å². The molecule has 8 nitrogen and oxygen atoms in total. The van der Waals surface area contributed by atoms with E-state index in [1.54, 1.807) is 0 Å². The zero-order chi connectivity index (χ0) is 18.7. The van der Waals surface area contributed by atoms with E-state index in [1.807, 2.05) is 12.1 Å². The highest BCUT2D eigenvalue weighted by Crippen LogP contribution is 2.26. The van der Waals surface area contributed by atoms with Crippen LogP contribution in [0, 0.1) is 0 Å². The molecule has 0 spiro atoms. The van der Waals surface area contributed by atoms with Gasteiger partial charge in [-0.2, -0.15) is 0 Å². The number of hydrogen-bond acceptors (Lipinski definition) is 7. The van der Waals surface area contributed by atoms with Crippen LogP contribution < -0.4 is 10.1 Å². The Hall–Kier alpha value is -1.71. The second-order valence-corrected chi connectivity index (χ2v) is 6.59. The number of carbonyl (C=O) groups is 1. The van der Waals surface area contributed by atoms with Gasteiger partial charge in [0.1, 0.15) is 30.1 Å². The van der Waals surface area contributed by atoms with Crippen LogP contribution in [-0.2, 0) is 27.1 Å². The molecule has 0 saturated carbocycles. The molecule has 0 aliphatic carbocycles. The Kier molecular flexibility index (Phi) is 6.10. The van der Waals surface area contributed by atoms with Gasteiger partial charge in [0.15, 0.2) is 6.29 Å². The molecule has 0 unspecified atom stereocenters. The lowest BCUT2D eigenvalue weighted by atomic mass is 9.97. The third-order valence-corrected chi connectivity index (χ3v) is 4.68. The Morgan fingerprint density at radius 2 is 2.15 bits per heavy atom. The number of rotatable bonds is 6. The Labute approximate surface area is 151 Å². The maximum atomic E-state index is 11.4. The Bertz CT molecular complexity index is 638. The van der Waals surface area contributed by atoms with E-state index in [2.05, 4.69) is 11.4 Å². The number of benzene rings is 1. The molecule has 1 aromatic rings. The molecule has 2 heterocycles. The van der Waals surface area contributed by atoms with E-state index in [1.165, 1.54) is 12.5 Å². The molecule has 144 valence electrons. The van der Waals surface area contributed by atoms with Gasteiger partial charge in [-0.15, -0.1) is 0 Å². The molecule has 0 bridgehead atoms. The van der Waals surface area contributed by atoms with Gasteiger partial charge < -0.3 is 34.8 Å². The van der Waals surface area contributed by atoms with Crippen molar-refractivity contribution in [1.29, 1.82) is 0 Å². The van der Waals surface area contributed by atoms with Crippen LogP contribution in [0.25, 0.3) is 0 Å². The third-order valence-electron chi connectivity index (χ3n) is 4.68. The number of ether oxygens (including phenoxy) is 3. The van der Waals surface area contributed by atoms with Crippen molar-refractivity contribution in [2.24, 2.45) is 0 Å². The van der Waals surface area contributed by atoms with E-state index in [9.17, 15) is 20.1 Å². The van der Waals surface area contributed by atoms with Gasteiger partial charge in [-0.3, -0.25) is 4.79 Å². The maximum absolute atomic E-state index is 11.4. The number of aliphatic hydroxyl groups is 3. The Morgan fingerprint density at radius 1 is 1.35 bits per heavy atom. The van der Waals surface area contributed by atoms with Crippen molar-refractivity contribution < 1.29 is 34.3 Å². The molecule has 1 aromatic carbocycles. The molecule has 26 heavy (non-hydrogen) atoms. The Morgan fingerprint density at radius 3 is 2.88 bits per heavy atom. The number of amides is 1. The van der Waals surface area contributed by atoms with Crippen LogP contribution in [0.5, 0.6) is 5.75 Å². The van der Waals surface area contributed by atoms with Crippen LogP contribution in [0.15, 0.2) is 18.2 Å². The van der Waals surface area contributed by atoms with Crippen LogP contribution in [0.1, 0.15) is 18.1 Å². The summed E-state index contributed by atoms with van der Waals surface area (Å²) in [6, 6.07) is 5.07. The minimum atomic E-state index is -1.31. The fraction of sp³-hybridized carbons (Fsp3) is 0.611. The topological polar surface area (TPSA) is 117 Å². The molecular formula is C18H25NO7. The van der Waals surface area contributed by atoms with E-state index < -0.39 is 37.3 Å². The summed E-state index contributed by atoms with van der Waals surface area (Å²) in [6.07, 6.45) is -3.05. The molecule has 2 aliphatic rings. The lowest BCUT2D eigenvalue weighted by Gasteiger charge is -2.42. The normalized spacial score (nSPS) is 30.5. The molecule has 1 amide bonds. The average Bonchev–Trinajstić information content (AvgIpc) is 3.08. The second kappa shape index (κ2) is 8.32. The van der Waals surface area contributed by atoms with Crippen LogP contribution in [-0.4, -0.2) is 71.7 Å². The predicted octanol–water partition coefficient (Wildman–Crippen LogP) is -0.876. The van der Waals surface area contributed by atoms with Gasteiger partial charge in [-0.05, 0) is 23.6 Å².